The Kier molecular flexibility index (Phi) is 6.35. The van der Waals surface area contributed by atoms with Gasteiger partial charge in [0.1, 0.15) is 11.6 Å². The smallest absolute Gasteiger partial charge is 0.253 e. The monoisotopic (exact) mass is 406 g/mol. The SMILES string of the molecule is Cc1cc(N2CCN(C(=O)c3ccc(C4CCCCC4)cc3)CC2)nc(C(C)C)n1. The molecule has 1 aliphatic heterocycles. The number of anilines is 1. The lowest BCUT2D eigenvalue weighted by atomic mass is 9.84. The minimum Gasteiger partial charge on any atom is -0.353 e. The van der Waals surface area contributed by atoms with Gasteiger partial charge in [0.05, 0.1) is 0 Å². The summed E-state index contributed by atoms with van der Waals surface area (Å²) < 4.78 is 0. The molecule has 0 atom stereocenters. The molecule has 2 aromatic rings. The lowest BCUT2D eigenvalue weighted by Crippen LogP contribution is -2.49. The van der Waals surface area contributed by atoms with Crippen molar-refractivity contribution in [2.24, 2.45) is 0 Å². The minimum absolute atomic E-state index is 0.145. The van der Waals surface area contributed by atoms with E-state index in [9.17, 15) is 4.79 Å². The molecule has 1 aliphatic carbocycles. The highest BCUT2D eigenvalue weighted by molar-refractivity contribution is 5.94. The van der Waals surface area contributed by atoms with E-state index in [-0.39, 0.29) is 5.91 Å². The Hall–Kier alpha value is -2.43. The molecular weight excluding hydrogens is 372 g/mol. The number of carbonyl (C=O) groups is 1. The molecule has 1 amide bonds. The predicted molar refractivity (Wildman–Crippen MR) is 121 cm³/mol. The molecule has 1 aromatic heterocycles. The van der Waals surface area contributed by atoms with Gasteiger partial charge in [-0.2, -0.15) is 0 Å². The van der Waals surface area contributed by atoms with Crippen LogP contribution in [-0.2, 0) is 0 Å². The lowest BCUT2D eigenvalue weighted by Gasteiger charge is -2.35. The van der Waals surface area contributed by atoms with E-state index in [1.807, 2.05) is 30.0 Å². The van der Waals surface area contributed by atoms with E-state index in [0.29, 0.717) is 11.8 Å². The topological polar surface area (TPSA) is 49.3 Å². The van der Waals surface area contributed by atoms with E-state index >= 15 is 0 Å². The maximum absolute atomic E-state index is 13.0. The van der Waals surface area contributed by atoms with Crippen LogP contribution in [0.1, 0.15) is 85.2 Å². The van der Waals surface area contributed by atoms with Crippen molar-refractivity contribution in [3.63, 3.8) is 0 Å². The molecule has 1 aromatic carbocycles. The Morgan fingerprint density at radius 2 is 1.63 bits per heavy atom. The summed E-state index contributed by atoms with van der Waals surface area (Å²) in [7, 11) is 0. The summed E-state index contributed by atoms with van der Waals surface area (Å²) in [5.74, 6) is 3.00. The van der Waals surface area contributed by atoms with Crippen LogP contribution in [0.4, 0.5) is 5.82 Å². The Morgan fingerprint density at radius 3 is 2.27 bits per heavy atom. The van der Waals surface area contributed by atoms with E-state index in [1.165, 1.54) is 37.7 Å². The van der Waals surface area contributed by atoms with Crippen LogP contribution >= 0.6 is 0 Å². The standard InChI is InChI=1S/C25H34N4O/c1-18(2)24-26-19(3)17-23(27-24)28-13-15-29(16-14-28)25(30)22-11-9-21(10-12-22)20-7-5-4-6-8-20/h9-12,17-18,20H,4-8,13-16H2,1-3H3. The Balaban J connectivity index is 1.37. The number of carbonyl (C=O) groups excluding carboxylic acids is 1. The summed E-state index contributed by atoms with van der Waals surface area (Å²) in [6, 6.07) is 10.5. The third-order valence-corrected chi connectivity index (χ3v) is 6.50. The largest absolute Gasteiger partial charge is 0.353 e. The summed E-state index contributed by atoms with van der Waals surface area (Å²) >= 11 is 0. The maximum Gasteiger partial charge on any atom is 0.253 e. The van der Waals surface area contributed by atoms with E-state index in [1.54, 1.807) is 0 Å². The van der Waals surface area contributed by atoms with Crippen molar-refractivity contribution in [1.82, 2.24) is 14.9 Å². The van der Waals surface area contributed by atoms with Gasteiger partial charge in [-0.05, 0) is 43.4 Å². The number of hydrogen-bond donors (Lipinski definition) is 0. The van der Waals surface area contributed by atoms with Gasteiger partial charge in [-0.15, -0.1) is 0 Å². The minimum atomic E-state index is 0.145. The molecule has 2 fully saturated rings. The van der Waals surface area contributed by atoms with Gasteiger partial charge in [0.25, 0.3) is 5.91 Å². The van der Waals surface area contributed by atoms with Gasteiger partial charge >= 0.3 is 0 Å². The van der Waals surface area contributed by atoms with Gasteiger partial charge in [-0.1, -0.05) is 45.2 Å². The fourth-order valence-electron chi connectivity index (χ4n) is 4.65. The highest BCUT2D eigenvalue weighted by Crippen LogP contribution is 2.32. The van der Waals surface area contributed by atoms with Crippen LogP contribution < -0.4 is 4.90 Å². The molecule has 0 radical (unpaired) electrons. The zero-order valence-electron chi connectivity index (χ0n) is 18.6. The van der Waals surface area contributed by atoms with Crippen molar-refractivity contribution in [3.8, 4) is 0 Å². The lowest BCUT2D eigenvalue weighted by molar-refractivity contribution is 0.0746. The molecule has 0 unspecified atom stereocenters. The summed E-state index contributed by atoms with van der Waals surface area (Å²) in [5, 5.41) is 0. The van der Waals surface area contributed by atoms with Crippen molar-refractivity contribution < 1.29 is 4.79 Å². The second-order valence-electron chi connectivity index (χ2n) is 9.12. The highest BCUT2D eigenvalue weighted by Gasteiger charge is 2.24. The number of aromatic nitrogens is 2. The number of amides is 1. The van der Waals surface area contributed by atoms with Crippen molar-refractivity contribution in [2.75, 3.05) is 31.1 Å². The Labute approximate surface area is 180 Å². The normalized spacial score (nSPS) is 18.1. The zero-order chi connectivity index (χ0) is 21.1. The second kappa shape index (κ2) is 9.15. The molecule has 0 N–H and O–H groups in total. The van der Waals surface area contributed by atoms with Gasteiger partial charge in [0, 0.05) is 49.4 Å². The van der Waals surface area contributed by atoms with Crippen LogP contribution in [0.2, 0.25) is 0 Å². The van der Waals surface area contributed by atoms with Gasteiger partial charge in [-0.3, -0.25) is 4.79 Å². The fourth-order valence-corrected chi connectivity index (χ4v) is 4.65. The average molecular weight is 407 g/mol. The van der Waals surface area contributed by atoms with Crippen LogP contribution in [-0.4, -0.2) is 47.0 Å². The Bertz CT molecular complexity index is 863. The van der Waals surface area contributed by atoms with E-state index in [0.717, 1.165) is 49.1 Å². The zero-order valence-corrected chi connectivity index (χ0v) is 18.6. The maximum atomic E-state index is 13.0. The van der Waals surface area contributed by atoms with Crippen molar-refractivity contribution in [3.05, 3.63) is 53.0 Å². The molecule has 1 saturated heterocycles. The fraction of sp³-hybridized carbons (Fsp3) is 0.560. The third kappa shape index (κ3) is 4.66. The molecule has 1 saturated carbocycles. The van der Waals surface area contributed by atoms with Crippen LogP contribution in [0.25, 0.3) is 0 Å². The van der Waals surface area contributed by atoms with E-state index < -0.39 is 0 Å². The Morgan fingerprint density at radius 1 is 0.967 bits per heavy atom. The first-order valence-electron chi connectivity index (χ1n) is 11.5. The van der Waals surface area contributed by atoms with Crippen LogP contribution in [0, 0.1) is 6.92 Å². The van der Waals surface area contributed by atoms with Crippen LogP contribution in [0.5, 0.6) is 0 Å². The molecule has 4 rings (SSSR count). The summed E-state index contributed by atoms with van der Waals surface area (Å²) in [6.45, 7) is 9.32. The number of piperazine rings is 1. The van der Waals surface area contributed by atoms with Gasteiger partial charge in [0.2, 0.25) is 0 Å². The predicted octanol–water partition coefficient (Wildman–Crippen LogP) is 4.92. The quantitative estimate of drug-likeness (QED) is 0.723. The van der Waals surface area contributed by atoms with Crippen molar-refractivity contribution >= 4 is 11.7 Å². The number of aryl methyl sites for hydroxylation is 1. The first kappa shape index (κ1) is 20.8. The molecule has 160 valence electrons. The molecular formula is C25H34N4O. The highest BCUT2D eigenvalue weighted by atomic mass is 16.2. The van der Waals surface area contributed by atoms with Crippen LogP contribution in [0.15, 0.2) is 30.3 Å². The molecule has 0 bridgehead atoms. The van der Waals surface area contributed by atoms with E-state index in [4.69, 9.17) is 4.98 Å². The van der Waals surface area contributed by atoms with Crippen molar-refractivity contribution in [1.29, 1.82) is 0 Å². The number of benzene rings is 1. The van der Waals surface area contributed by atoms with Gasteiger partial charge < -0.3 is 9.80 Å². The summed E-state index contributed by atoms with van der Waals surface area (Å²) in [6.07, 6.45) is 6.61. The third-order valence-electron chi connectivity index (χ3n) is 6.50. The molecule has 0 spiro atoms. The van der Waals surface area contributed by atoms with Crippen LogP contribution in [0.3, 0.4) is 0 Å². The molecule has 2 aliphatic rings. The van der Waals surface area contributed by atoms with Crippen molar-refractivity contribution in [2.45, 2.75) is 64.7 Å². The van der Waals surface area contributed by atoms with Gasteiger partial charge in [0.15, 0.2) is 0 Å². The number of hydrogen-bond acceptors (Lipinski definition) is 4. The number of nitrogens with zero attached hydrogens (tertiary/aromatic N) is 4. The summed E-state index contributed by atoms with van der Waals surface area (Å²) in [5.41, 5.74) is 3.21. The second-order valence-corrected chi connectivity index (χ2v) is 9.12. The first-order chi connectivity index (χ1) is 14.5. The number of rotatable bonds is 4. The molecule has 5 heteroatoms. The average Bonchev–Trinajstić information content (AvgIpc) is 2.79. The summed E-state index contributed by atoms with van der Waals surface area (Å²) in [4.78, 5) is 26.6. The first-order valence-corrected chi connectivity index (χ1v) is 11.5. The molecule has 2 heterocycles. The van der Waals surface area contributed by atoms with Gasteiger partial charge in [-0.25, -0.2) is 9.97 Å². The molecule has 5 nitrogen and oxygen atoms in total. The van der Waals surface area contributed by atoms with E-state index in [2.05, 4.69) is 35.9 Å². The molecule has 30 heavy (non-hydrogen) atoms.